The van der Waals surface area contributed by atoms with Crippen LogP contribution in [0.4, 0.5) is 0 Å². The first-order valence-electron chi connectivity index (χ1n) is 5.69. The van der Waals surface area contributed by atoms with Gasteiger partial charge in [-0.25, -0.2) is 0 Å². The fraction of sp³-hybridized carbons (Fsp3) is 0.909. The highest BCUT2D eigenvalue weighted by atomic mass is 16.5. The highest BCUT2D eigenvalue weighted by Gasteiger charge is 2.50. The first-order chi connectivity index (χ1) is 7.09. The third-order valence-electron chi connectivity index (χ3n) is 3.34. The van der Waals surface area contributed by atoms with E-state index in [9.17, 15) is 4.79 Å². The van der Waals surface area contributed by atoms with Crippen LogP contribution in [-0.2, 0) is 9.53 Å². The van der Waals surface area contributed by atoms with E-state index in [1.54, 1.807) is 0 Å². The van der Waals surface area contributed by atoms with Crippen molar-refractivity contribution >= 4 is 5.91 Å². The molecular formula is C11H20N2O2. The van der Waals surface area contributed by atoms with Crippen LogP contribution in [0.15, 0.2) is 0 Å². The topological polar surface area (TPSA) is 50.4 Å². The van der Waals surface area contributed by atoms with Crippen molar-refractivity contribution in [1.82, 2.24) is 10.6 Å². The van der Waals surface area contributed by atoms with Gasteiger partial charge in [0.2, 0.25) is 5.91 Å². The average Bonchev–Trinajstić information content (AvgIpc) is 2.86. The zero-order chi connectivity index (χ0) is 10.9. The smallest absolute Gasteiger partial charge is 0.223 e. The standard InChI is InChI=1S/C11H20N2O2/c1-11(2)5-9(11)10(14)13-7-8-6-12-3-4-15-8/h8-9,12H,3-7H2,1-2H3,(H,13,14). The number of ether oxygens (including phenoxy) is 1. The van der Waals surface area contributed by atoms with Gasteiger partial charge >= 0.3 is 0 Å². The van der Waals surface area contributed by atoms with Crippen LogP contribution in [0, 0.1) is 11.3 Å². The van der Waals surface area contributed by atoms with Gasteiger partial charge in [-0.3, -0.25) is 4.79 Å². The Morgan fingerprint density at radius 1 is 1.60 bits per heavy atom. The Morgan fingerprint density at radius 2 is 2.33 bits per heavy atom. The summed E-state index contributed by atoms with van der Waals surface area (Å²) in [7, 11) is 0. The molecule has 1 aliphatic heterocycles. The summed E-state index contributed by atoms with van der Waals surface area (Å²) in [5, 5.41) is 6.21. The summed E-state index contributed by atoms with van der Waals surface area (Å²) in [6.07, 6.45) is 1.16. The van der Waals surface area contributed by atoms with Crippen molar-refractivity contribution in [2.45, 2.75) is 26.4 Å². The Labute approximate surface area is 90.8 Å². The summed E-state index contributed by atoms with van der Waals surface area (Å²) in [6.45, 7) is 7.41. The Bertz CT molecular complexity index is 247. The summed E-state index contributed by atoms with van der Waals surface area (Å²) in [6, 6.07) is 0. The van der Waals surface area contributed by atoms with Crippen LogP contribution in [0.3, 0.4) is 0 Å². The van der Waals surface area contributed by atoms with Crippen molar-refractivity contribution in [3.05, 3.63) is 0 Å². The maximum absolute atomic E-state index is 11.7. The molecule has 0 aromatic heterocycles. The second-order valence-electron chi connectivity index (χ2n) is 5.19. The third kappa shape index (κ3) is 2.69. The molecule has 0 aromatic carbocycles. The minimum atomic E-state index is 0.143. The van der Waals surface area contributed by atoms with Crippen molar-refractivity contribution in [3.8, 4) is 0 Å². The molecule has 2 aliphatic rings. The van der Waals surface area contributed by atoms with Crippen LogP contribution < -0.4 is 10.6 Å². The second kappa shape index (κ2) is 4.10. The second-order valence-corrected chi connectivity index (χ2v) is 5.19. The van der Waals surface area contributed by atoms with E-state index in [2.05, 4.69) is 24.5 Å². The molecule has 1 saturated carbocycles. The quantitative estimate of drug-likeness (QED) is 0.699. The Morgan fingerprint density at radius 3 is 2.87 bits per heavy atom. The maximum Gasteiger partial charge on any atom is 0.223 e. The SMILES string of the molecule is CC1(C)CC1C(=O)NCC1CNCCO1. The molecule has 0 radical (unpaired) electrons. The van der Waals surface area contributed by atoms with E-state index >= 15 is 0 Å². The molecule has 2 rings (SSSR count). The molecule has 0 spiro atoms. The van der Waals surface area contributed by atoms with Crippen molar-refractivity contribution in [2.75, 3.05) is 26.2 Å². The van der Waals surface area contributed by atoms with E-state index in [1.807, 2.05) is 0 Å². The average molecular weight is 212 g/mol. The van der Waals surface area contributed by atoms with Crippen LogP contribution in [-0.4, -0.2) is 38.3 Å². The zero-order valence-electron chi connectivity index (χ0n) is 9.51. The summed E-state index contributed by atoms with van der Waals surface area (Å²) < 4.78 is 5.50. The van der Waals surface area contributed by atoms with Gasteiger partial charge < -0.3 is 15.4 Å². The number of hydrogen-bond acceptors (Lipinski definition) is 3. The van der Waals surface area contributed by atoms with Gasteiger partial charge in [-0.2, -0.15) is 0 Å². The molecule has 2 fully saturated rings. The number of carbonyl (C=O) groups excluding carboxylic acids is 1. The molecule has 4 nitrogen and oxygen atoms in total. The molecule has 2 atom stereocenters. The number of amides is 1. The molecule has 2 N–H and O–H groups in total. The molecule has 1 saturated heterocycles. The predicted octanol–water partition coefficient (Wildman–Crippen LogP) is 0.137. The summed E-state index contributed by atoms with van der Waals surface area (Å²) in [4.78, 5) is 11.7. The minimum absolute atomic E-state index is 0.143. The Balaban J connectivity index is 1.67. The summed E-state index contributed by atoms with van der Waals surface area (Å²) in [5.74, 6) is 0.406. The van der Waals surface area contributed by atoms with Crippen LogP contribution in [0.5, 0.6) is 0 Å². The zero-order valence-corrected chi connectivity index (χ0v) is 9.51. The van der Waals surface area contributed by atoms with E-state index in [1.165, 1.54) is 0 Å². The van der Waals surface area contributed by atoms with Crippen LogP contribution in [0.25, 0.3) is 0 Å². The highest BCUT2D eigenvalue weighted by molar-refractivity contribution is 5.82. The highest BCUT2D eigenvalue weighted by Crippen LogP contribution is 2.51. The van der Waals surface area contributed by atoms with Gasteiger partial charge in [0.05, 0.1) is 12.7 Å². The van der Waals surface area contributed by atoms with Crippen molar-refractivity contribution in [1.29, 1.82) is 0 Å². The van der Waals surface area contributed by atoms with Gasteiger partial charge in [-0.1, -0.05) is 13.8 Å². The minimum Gasteiger partial charge on any atom is -0.374 e. The number of hydrogen-bond donors (Lipinski definition) is 2. The summed E-state index contributed by atoms with van der Waals surface area (Å²) in [5.41, 5.74) is 0.218. The van der Waals surface area contributed by atoms with Crippen LogP contribution >= 0.6 is 0 Å². The molecule has 2 unspecified atom stereocenters. The fourth-order valence-electron chi connectivity index (χ4n) is 2.00. The van der Waals surface area contributed by atoms with E-state index < -0.39 is 0 Å². The number of carbonyl (C=O) groups is 1. The first kappa shape index (κ1) is 10.9. The van der Waals surface area contributed by atoms with Gasteiger partial charge in [-0.05, 0) is 11.8 Å². The lowest BCUT2D eigenvalue weighted by Gasteiger charge is -2.23. The van der Waals surface area contributed by atoms with Crippen molar-refractivity contribution in [2.24, 2.45) is 11.3 Å². The van der Waals surface area contributed by atoms with E-state index in [0.29, 0.717) is 6.54 Å². The number of morpholine rings is 1. The molecule has 15 heavy (non-hydrogen) atoms. The number of nitrogens with one attached hydrogen (secondary N) is 2. The lowest BCUT2D eigenvalue weighted by molar-refractivity contribution is -0.123. The maximum atomic E-state index is 11.7. The van der Waals surface area contributed by atoms with Gasteiger partial charge in [0.15, 0.2) is 0 Å². The Hall–Kier alpha value is -0.610. The van der Waals surface area contributed by atoms with Gasteiger partial charge in [-0.15, -0.1) is 0 Å². The lowest BCUT2D eigenvalue weighted by Crippen LogP contribution is -2.45. The molecule has 1 amide bonds. The van der Waals surface area contributed by atoms with Gasteiger partial charge in [0.25, 0.3) is 0 Å². The van der Waals surface area contributed by atoms with E-state index in [4.69, 9.17) is 4.74 Å². The molecule has 0 bridgehead atoms. The monoisotopic (exact) mass is 212 g/mol. The van der Waals surface area contributed by atoms with Gasteiger partial charge in [0.1, 0.15) is 0 Å². The van der Waals surface area contributed by atoms with Gasteiger partial charge in [0, 0.05) is 25.6 Å². The molecule has 1 heterocycles. The molecule has 0 aromatic rings. The fourth-order valence-corrected chi connectivity index (χ4v) is 2.00. The van der Waals surface area contributed by atoms with Crippen LogP contribution in [0.2, 0.25) is 0 Å². The molecule has 4 heteroatoms. The van der Waals surface area contributed by atoms with Crippen molar-refractivity contribution < 1.29 is 9.53 Å². The normalized spacial score (nSPS) is 33.5. The van der Waals surface area contributed by atoms with E-state index in [-0.39, 0.29) is 23.3 Å². The van der Waals surface area contributed by atoms with Crippen molar-refractivity contribution in [3.63, 3.8) is 0 Å². The largest absolute Gasteiger partial charge is 0.374 e. The van der Waals surface area contributed by atoms with E-state index in [0.717, 1.165) is 26.1 Å². The third-order valence-corrected chi connectivity index (χ3v) is 3.34. The predicted molar refractivity (Wildman–Crippen MR) is 57.5 cm³/mol. The number of rotatable bonds is 3. The molecule has 86 valence electrons. The Kier molecular flexibility index (Phi) is 2.98. The lowest BCUT2D eigenvalue weighted by atomic mass is 10.1. The summed E-state index contributed by atoms with van der Waals surface area (Å²) >= 11 is 0. The van der Waals surface area contributed by atoms with Crippen LogP contribution in [0.1, 0.15) is 20.3 Å². The first-order valence-corrected chi connectivity index (χ1v) is 5.69. The molecule has 1 aliphatic carbocycles. The molecular weight excluding hydrogens is 192 g/mol.